The number of pyridine rings is 1. The number of nitrogens with one attached hydrogen (secondary N) is 3. The zero-order valence-corrected chi connectivity index (χ0v) is 20.6. The molecule has 4 rings (SSSR count). The summed E-state index contributed by atoms with van der Waals surface area (Å²) in [6.07, 6.45) is 1.62. The number of benzene rings is 3. The molecular formula is C27H25ClN4O4. The summed E-state index contributed by atoms with van der Waals surface area (Å²) in [6.45, 7) is 2.64. The van der Waals surface area contributed by atoms with E-state index in [0.717, 1.165) is 5.56 Å². The topological polar surface area (TPSA) is 102 Å². The molecule has 1 aromatic heterocycles. The maximum atomic E-state index is 12.9. The molecule has 0 saturated heterocycles. The molecule has 0 aliphatic heterocycles. The largest absolute Gasteiger partial charge is 0.488 e. The first-order valence-electron chi connectivity index (χ1n) is 11.3. The fourth-order valence-corrected chi connectivity index (χ4v) is 3.72. The number of anilines is 1. The summed E-state index contributed by atoms with van der Waals surface area (Å²) in [5.41, 5.74) is 2.41. The van der Waals surface area contributed by atoms with Gasteiger partial charge in [-0.3, -0.25) is 9.78 Å². The molecule has 1 heterocycles. The summed E-state index contributed by atoms with van der Waals surface area (Å²) in [4.78, 5) is 28.9. The van der Waals surface area contributed by atoms with Crippen LogP contribution in [0.3, 0.4) is 0 Å². The number of carbonyl (C=O) groups excluding carboxylic acids is 2. The number of aromatic nitrogens is 1. The molecule has 0 spiro atoms. The SMILES string of the molecule is CCNC(=O)c1cc2c(Oc3ccc(NC(=O)NC)c(Cl)c3)ccnc2cc1OCc1ccccc1. The van der Waals surface area contributed by atoms with Gasteiger partial charge >= 0.3 is 6.03 Å². The molecule has 36 heavy (non-hydrogen) atoms. The van der Waals surface area contributed by atoms with Gasteiger partial charge in [-0.05, 0) is 36.8 Å². The molecular weight excluding hydrogens is 480 g/mol. The molecule has 0 saturated carbocycles. The second-order valence-corrected chi connectivity index (χ2v) is 8.16. The monoisotopic (exact) mass is 504 g/mol. The minimum absolute atomic E-state index is 0.259. The van der Waals surface area contributed by atoms with E-state index < -0.39 is 0 Å². The van der Waals surface area contributed by atoms with Crippen LogP contribution < -0.4 is 25.4 Å². The van der Waals surface area contributed by atoms with Crippen molar-refractivity contribution < 1.29 is 19.1 Å². The number of ether oxygens (including phenoxy) is 2. The highest BCUT2D eigenvalue weighted by atomic mass is 35.5. The van der Waals surface area contributed by atoms with Crippen LogP contribution in [0, 0.1) is 0 Å². The van der Waals surface area contributed by atoms with Gasteiger partial charge in [0.2, 0.25) is 0 Å². The second kappa shape index (κ2) is 11.4. The Bertz CT molecular complexity index is 1400. The molecule has 0 unspecified atom stereocenters. The van der Waals surface area contributed by atoms with Crippen LogP contribution in [0.25, 0.3) is 10.9 Å². The molecule has 3 amide bonds. The van der Waals surface area contributed by atoms with E-state index in [1.54, 1.807) is 42.6 Å². The van der Waals surface area contributed by atoms with Gasteiger partial charge in [0.15, 0.2) is 0 Å². The molecule has 0 atom stereocenters. The van der Waals surface area contributed by atoms with Crippen molar-refractivity contribution in [2.75, 3.05) is 18.9 Å². The number of hydrogen-bond acceptors (Lipinski definition) is 5. The maximum Gasteiger partial charge on any atom is 0.319 e. The van der Waals surface area contributed by atoms with Crippen LogP contribution in [0.2, 0.25) is 5.02 Å². The lowest BCUT2D eigenvalue weighted by molar-refractivity contribution is 0.0951. The third kappa shape index (κ3) is 5.84. The molecule has 0 radical (unpaired) electrons. The van der Waals surface area contributed by atoms with E-state index in [1.165, 1.54) is 7.05 Å². The average Bonchev–Trinajstić information content (AvgIpc) is 2.89. The Balaban J connectivity index is 1.67. The normalized spacial score (nSPS) is 10.5. The highest BCUT2D eigenvalue weighted by Crippen LogP contribution is 2.35. The van der Waals surface area contributed by atoms with E-state index in [0.29, 0.717) is 57.6 Å². The Kier molecular flexibility index (Phi) is 7.87. The fourth-order valence-electron chi connectivity index (χ4n) is 3.50. The minimum atomic E-state index is -0.381. The Hall–Kier alpha value is -4.30. The maximum absolute atomic E-state index is 12.9. The van der Waals surface area contributed by atoms with E-state index >= 15 is 0 Å². The molecule has 8 nitrogen and oxygen atoms in total. The second-order valence-electron chi connectivity index (χ2n) is 7.76. The summed E-state index contributed by atoms with van der Waals surface area (Å²) in [6, 6.07) is 19.4. The van der Waals surface area contributed by atoms with Crippen LogP contribution in [0.4, 0.5) is 10.5 Å². The van der Waals surface area contributed by atoms with Crippen molar-refractivity contribution in [2.24, 2.45) is 0 Å². The van der Waals surface area contributed by atoms with Crippen LogP contribution in [-0.4, -0.2) is 30.5 Å². The van der Waals surface area contributed by atoms with Crippen LogP contribution >= 0.6 is 11.6 Å². The molecule has 184 valence electrons. The molecule has 0 aliphatic carbocycles. The third-order valence-corrected chi connectivity index (χ3v) is 5.58. The summed E-state index contributed by atoms with van der Waals surface area (Å²) in [5, 5.41) is 8.89. The first-order valence-corrected chi connectivity index (χ1v) is 11.7. The number of rotatable bonds is 8. The van der Waals surface area contributed by atoms with Crippen molar-refractivity contribution in [1.82, 2.24) is 15.6 Å². The lowest BCUT2D eigenvalue weighted by Crippen LogP contribution is -2.24. The van der Waals surface area contributed by atoms with Crippen molar-refractivity contribution in [3.8, 4) is 17.2 Å². The lowest BCUT2D eigenvalue weighted by Gasteiger charge is -2.15. The fraction of sp³-hybridized carbons (Fsp3) is 0.148. The number of urea groups is 1. The smallest absolute Gasteiger partial charge is 0.319 e. The molecule has 0 aliphatic rings. The molecule has 4 aromatic rings. The first kappa shape index (κ1) is 24.8. The Morgan fingerprint density at radius 1 is 1.00 bits per heavy atom. The van der Waals surface area contributed by atoms with Crippen LogP contribution in [0.5, 0.6) is 17.2 Å². The number of halogens is 1. The van der Waals surface area contributed by atoms with Gasteiger partial charge in [0.25, 0.3) is 5.91 Å². The third-order valence-electron chi connectivity index (χ3n) is 5.27. The Morgan fingerprint density at radius 2 is 1.81 bits per heavy atom. The van der Waals surface area contributed by atoms with Crippen LogP contribution in [0.15, 0.2) is 72.9 Å². The first-order chi connectivity index (χ1) is 17.5. The van der Waals surface area contributed by atoms with Crippen LogP contribution in [-0.2, 0) is 6.61 Å². The number of carbonyl (C=O) groups is 2. The summed E-state index contributed by atoms with van der Waals surface area (Å²) >= 11 is 6.32. The van der Waals surface area contributed by atoms with Crippen LogP contribution in [0.1, 0.15) is 22.8 Å². The van der Waals surface area contributed by atoms with Gasteiger partial charge in [-0.1, -0.05) is 41.9 Å². The zero-order valence-electron chi connectivity index (χ0n) is 19.8. The van der Waals surface area contributed by atoms with Gasteiger partial charge in [-0.2, -0.15) is 0 Å². The predicted octanol–water partition coefficient (Wildman–Crippen LogP) is 5.76. The molecule has 0 bridgehead atoms. The van der Waals surface area contributed by atoms with E-state index in [4.69, 9.17) is 21.1 Å². The van der Waals surface area contributed by atoms with Gasteiger partial charge in [0, 0.05) is 37.3 Å². The molecule has 3 aromatic carbocycles. The highest BCUT2D eigenvalue weighted by Gasteiger charge is 2.17. The van der Waals surface area contributed by atoms with E-state index in [2.05, 4.69) is 20.9 Å². The Morgan fingerprint density at radius 3 is 2.53 bits per heavy atom. The van der Waals surface area contributed by atoms with E-state index in [1.807, 2.05) is 37.3 Å². The number of amides is 3. The summed E-state index contributed by atoms with van der Waals surface area (Å²) in [7, 11) is 1.52. The number of nitrogens with zero attached hydrogens (tertiary/aromatic N) is 1. The quantitative estimate of drug-likeness (QED) is 0.283. The highest BCUT2D eigenvalue weighted by molar-refractivity contribution is 6.33. The lowest BCUT2D eigenvalue weighted by atomic mass is 10.1. The average molecular weight is 505 g/mol. The van der Waals surface area contributed by atoms with E-state index in [-0.39, 0.29) is 11.9 Å². The molecule has 9 heteroatoms. The van der Waals surface area contributed by atoms with Gasteiger partial charge in [-0.25, -0.2) is 4.79 Å². The number of fused-ring (bicyclic) bond motifs is 1. The zero-order chi connectivity index (χ0) is 25.5. The van der Waals surface area contributed by atoms with Gasteiger partial charge in [0.05, 0.1) is 21.8 Å². The molecule has 3 N–H and O–H groups in total. The number of hydrogen-bond donors (Lipinski definition) is 3. The van der Waals surface area contributed by atoms with Gasteiger partial charge < -0.3 is 25.4 Å². The van der Waals surface area contributed by atoms with Crippen molar-refractivity contribution in [1.29, 1.82) is 0 Å². The standard InChI is InChI=1S/C27H25ClN4O4/c1-3-30-26(33)20-14-19-23(15-25(20)35-16-17-7-5-4-6-8-17)31-12-11-24(19)36-18-9-10-22(21(28)13-18)32-27(34)29-2/h4-15H,3,16H2,1-2H3,(H,30,33)(H2,29,32,34). The minimum Gasteiger partial charge on any atom is -0.488 e. The van der Waals surface area contributed by atoms with E-state index in [9.17, 15) is 9.59 Å². The van der Waals surface area contributed by atoms with Crippen molar-refractivity contribution >= 4 is 40.1 Å². The molecule has 0 fully saturated rings. The Labute approximate surface area is 213 Å². The van der Waals surface area contributed by atoms with Gasteiger partial charge in [-0.15, -0.1) is 0 Å². The predicted molar refractivity (Wildman–Crippen MR) is 140 cm³/mol. The van der Waals surface area contributed by atoms with Gasteiger partial charge in [0.1, 0.15) is 23.9 Å². The van der Waals surface area contributed by atoms with Crippen molar-refractivity contribution in [2.45, 2.75) is 13.5 Å². The summed E-state index contributed by atoms with van der Waals surface area (Å²) < 4.78 is 12.1. The van der Waals surface area contributed by atoms with Crippen molar-refractivity contribution in [3.63, 3.8) is 0 Å². The van der Waals surface area contributed by atoms with Crippen molar-refractivity contribution in [3.05, 3.63) is 89.1 Å². The summed E-state index contributed by atoms with van der Waals surface area (Å²) in [5.74, 6) is 1.11.